The first-order valence-electron chi connectivity index (χ1n) is 10.2. The summed E-state index contributed by atoms with van der Waals surface area (Å²) in [6.45, 7) is 6.99. The van der Waals surface area contributed by atoms with E-state index < -0.39 is 0 Å². The van der Waals surface area contributed by atoms with Crippen molar-refractivity contribution in [2.24, 2.45) is 0 Å². The second-order valence-electron chi connectivity index (χ2n) is 7.42. The van der Waals surface area contributed by atoms with Crippen molar-refractivity contribution in [1.82, 2.24) is 10.3 Å². The van der Waals surface area contributed by atoms with Crippen molar-refractivity contribution in [3.8, 4) is 5.75 Å². The van der Waals surface area contributed by atoms with Gasteiger partial charge < -0.3 is 19.5 Å². The van der Waals surface area contributed by atoms with E-state index in [-0.39, 0.29) is 5.91 Å². The van der Waals surface area contributed by atoms with Gasteiger partial charge in [0.2, 0.25) is 5.91 Å². The average Bonchev–Trinajstić information content (AvgIpc) is 3.31. The fourth-order valence-electron chi connectivity index (χ4n) is 3.75. The van der Waals surface area contributed by atoms with Gasteiger partial charge >= 0.3 is 0 Å². The molecule has 0 unspecified atom stereocenters. The van der Waals surface area contributed by atoms with Crippen molar-refractivity contribution in [1.29, 1.82) is 0 Å². The number of aromatic amines is 1. The van der Waals surface area contributed by atoms with E-state index >= 15 is 0 Å². The number of benzene rings is 2. The summed E-state index contributed by atoms with van der Waals surface area (Å²) in [4.78, 5) is 15.8. The van der Waals surface area contributed by atoms with Crippen LogP contribution in [0.25, 0.3) is 27.4 Å². The van der Waals surface area contributed by atoms with E-state index in [1.54, 1.807) is 12.3 Å². The van der Waals surface area contributed by atoms with Gasteiger partial charge in [-0.15, -0.1) is 0 Å². The molecule has 5 heteroatoms. The first kappa shape index (κ1) is 19.8. The highest BCUT2D eigenvalue weighted by Gasteiger charge is 2.13. The Balaban J connectivity index is 1.47. The Morgan fingerprint density at radius 1 is 1.23 bits per heavy atom. The number of H-pyrrole nitrogens is 1. The molecule has 5 nitrogen and oxygen atoms in total. The molecular weight excluding hydrogens is 376 g/mol. The fraction of sp³-hybridized carbons (Fsp3) is 0.240. The molecule has 2 aromatic heterocycles. The molecule has 2 N–H and O–H groups in total. The number of hydrogen-bond acceptors (Lipinski definition) is 3. The van der Waals surface area contributed by atoms with E-state index in [1.165, 1.54) is 10.9 Å². The Kier molecular flexibility index (Phi) is 5.61. The number of furan rings is 1. The molecule has 1 amide bonds. The Labute approximate surface area is 175 Å². The first-order valence-corrected chi connectivity index (χ1v) is 10.2. The van der Waals surface area contributed by atoms with Gasteiger partial charge in [0.05, 0.1) is 12.9 Å². The van der Waals surface area contributed by atoms with Crippen molar-refractivity contribution in [3.63, 3.8) is 0 Å². The van der Waals surface area contributed by atoms with E-state index in [9.17, 15) is 4.79 Å². The Morgan fingerprint density at radius 2 is 2.07 bits per heavy atom. The van der Waals surface area contributed by atoms with Gasteiger partial charge in [-0.05, 0) is 56.0 Å². The number of amides is 1. The van der Waals surface area contributed by atoms with Crippen LogP contribution in [0, 0.1) is 6.92 Å². The largest absolute Gasteiger partial charge is 0.493 e. The molecule has 30 heavy (non-hydrogen) atoms. The zero-order valence-electron chi connectivity index (χ0n) is 17.5. The van der Waals surface area contributed by atoms with Crippen molar-refractivity contribution >= 4 is 33.4 Å². The number of nitrogens with one attached hydrogen (secondary N) is 2. The predicted molar refractivity (Wildman–Crippen MR) is 121 cm³/mol. The normalized spacial score (nSPS) is 11.9. The van der Waals surface area contributed by atoms with Gasteiger partial charge in [0.15, 0.2) is 0 Å². The van der Waals surface area contributed by atoms with Crippen LogP contribution < -0.4 is 10.1 Å². The summed E-state index contributed by atoms with van der Waals surface area (Å²) < 4.78 is 11.4. The quantitative estimate of drug-likeness (QED) is 0.408. The third-order valence-electron chi connectivity index (χ3n) is 5.31. The number of carbonyl (C=O) groups is 1. The molecule has 0 aliphatic rings. The highest BCUT2D eigenvalue weighted by molar-refractivity contribution is 5.97. The summed E-state index contributed by atoms with van der Waals surface area (Å²) >= 11 is 0. The van der Waals surface area contributed by atoms with Crippen LogP contribution in [0.5, 0.6) is 5.75 Å². The molecule has 2 aromatic carbocycles. The molecule has 0 aliphatic heterocycles. The summed E-state index contributed by atoms with van der Waals surface area (Å²) in [7, 11) is 0. The lowest BCUT2D eigenvalue weighted by molar-refractivity contribution is -0.116. The third-order valence-corrected chi connectivity index (χ3v) is 5.31. The summed E-state index contributed by atoms with van der Waals surface area (Å²) in [6.07, 6.45) is 6.15. The maximum atomic E-state index is 12.5. The number of hydrogen-bond donors (Lipinski definition) is 2. The van der Waals surface area contributed by atoms with Crippen LogP contribution >= 0.6 is 0 Å². The van der Waals surface area contributed by atoms with Crippen LogP contribution in [0.15, 0.2) is 59.4 Å². The highest BCUT2D eigenvalue weighted by Crippen LogP contribution is 2.33. The Morgan fingerprint density at radius 3 is 2.90 bits per heavy atom. The van der Waals surface area contributed by atoms with Crippen molar-refractivity contribution < 1.29 is 13.9 Å². The van der Waals surface area contributed by atoms with Crippen LogP contribution in [-0.4, -0.2) is 24.0 Å². The molecule has 0 fully saturated rings. The molecular formula is C25H26N2O3. The van der Waals surface area contributed by atoms with Gasteiger partial charge in [-0.2, -0.15) is 0 Å². The molecule has 0 radical (unpaired) electrons. The zero-order chi connectivity index (χ0) is 21.1. The molecule has 0 spiro atoms. The smallest absolute Gasteiger partial charge is 0.244 e. The minimum Gasteiger partial charge on any atom is -0.493 e. The molecule has 2 heterocycles. The molecule has 4 aromatic rings. The number of fused-ring (bicyclic) bond motifs is 2. The predicted octanol–water partition coefficient (Wildman–Crippen LogP) is 5.38. The number of ether oxygens (including phenoxy) is 1. The Bertz CT molecular complexity index is 1230. The molecule has 154 valence electrons. The molecule has 4 rings (SSSR count). The lowest BCUT2D eigenvalue weighted by Gasteiger charge is -2.11. The number of carbonyl (C=O) groups excluding carboxylic acids is 1. The zero-order valence-corrected chi connectivity index (χ0v) is 17.5. The van der Waals surface area contributed by atoms with Gasteiger partial charge in [0.25, 0.3) is 0 Å². The van der Waals surface area contributed by atoms with E-state index in [2.05, 4.69) is 22.4 Å². The summed E-state index contributed by atoms with van der Waals surface area (Å²) in [5.41, 5.74) is 5.92. The van der Waals surface area contributed by atoms with Crippen LogP contribution in [0.2, 0.25) is 0 Å². The lowest BCUT2D eigenvalue weighted by atomic mass is 10.0. The molecule has 0 saturated heterocycles. The monoisotopic (exact) mass is 402 g/mol. The number of aromatic nitrogens is 1. The highest BCUT2D eigenvalue weighted by atomic mass is 16.5. The van der Waals surface area contributed by atoms with E-state index in [0.29, 0.717) is 13.2 Å². The first-order chi connectivity index (χ1) is 14.6. The SMILES string of the molecule is CCOc1cc2occ(C)c2cc1/C(C)=C/C(=O)NCCc1c[nH]c2ccccc12. The Hall–Kier alpha value is -3.47. The van der Waals surface area contributed by atoms with Crippen molar-refractivity contribution in [2.75, 3.05) is 13.2 Å². The number of para-hydroxylation sites is 1. The summed E-state index contributed by atoms with van der Waals surface area (Å²) in [6, 6.07) is 12.1. The minimum atomic E-state index is -0.112. The second kappa shape index (κ2) is 8.49. The van der Waals surface area contributed by atoms with Crippen LogP contribution in [0.3, 0.4) is 0 Å². The van der Waals surface area contributed by atoms with Crippen LogP contribution in [0.1, 0.15) is 30.5 Å². The van der Waals surface area contributed by atoms with Gasteiger partial charge in [-0.3, -0.25) is 4.79 Å². The molecule has 0 bridgehead atoms. The maximum absolute atomic E-state index is 12.5. The van der Waals surface area contributed by atoms with E-state index in [4.69, 9.17) is 9.15 Å². The summed E-state index contributed by atoms with van der Waals surface area (Å²) in [5, 5.41) is 5.22. The minimum absolute atomic E-state index is 0.112. The fourth-order valence-corrected chi connectivity index (χ4v) is 3.75. The van der Waals surface area contributed by atoms with Crippen LogP contribution in [0.4, 0.5) is 0 Å². The number of aryl methyl sites for hydroxylation is 1. The number of rotatable bonds is 7. The topological polar surface area (TPSA) is 67.3 Å². The molecule has 0 atom stereocenters. The molecule has 0 aliphatic carbocycles. The standard InChI is InChI=1S/C25H26N2O3/c1-4-29-23-13-24-21(17(3)15-30-24)12-20(23)16(2)11-25(28)26-10-9-18-14-27-22-8-6-5-7-19(18)22/h5-8,11-15,27H,4,9-10H2,1-3H3,(H,26,28)/b16-11+. The van der Waals surface area contributed by atoms with E-state index in [0.717, 1.165) is 45.4 Å². The van der Waals surface area contributed by atoms with Gasteiger partial charge in [-0.1, -0.05) is 18.2 Å². The third kappa shape index (κ3) is 3.96. The summed E-state index contributed by atoms with van der Waals surface area (Å²) in [5.74, 6) is 0.610. The average molecular weight is 402 g/mol. The van der Waals surface area contributed by atoms with Gasteiger partial charge in [0, 0.05) is 46.7 Å². The van der Waals surface area contributed by atoms with Crippen molar-refractivity contribution in [2.45, 2.75) is 27.2 Å². The van der Waals surface area contributed by atoms with Gasteiger partial charge in [0.1, 0.15) is 11.3 Å². The molecule has 0 saturated carbocycles. The number of allylic oxidation sites excluding steroid dienone is 1. The second-order valence-corrected chi connectivity index (χ2v) is 7.42. The van der Waals surface area contributed by atoms with E-state index in [1.807, 2.05) is 51.2 Å². The van der Waals surface area contributed by atoms with Crippen LogP contribution in [-0.2, 0) is 11.2 Å². The maximum Gasteiger partial charge on any atom is 0.244 e. The van der Waals surface area contributed by atoms with Gasteiger partial charge in [-0.25, -0.2) is 0 Å². The van der Waals surface area contributed by atoms with Crippen molar-refractivity contribution in [3.05, 3.63) is 71.6 Å². The lowest BCUT2D eigenvalue weighted by Crippen LogP contribution is -2.23.